The monoisotopic (exact) mass is 479 g/mol. The van der Waals surface area contributed by atoms with Crippen LogP contribution in [0.25, 0.3) is 20.5 Å². The average molecular weight is 480 g/mol. The number of likely N-dealkylation sites (tertiary alicyclic amines) is 1. The van der Waals surface area contributed by atoms with Gasteiger partial charge in [-0.15, -0.1) is 11.3 Å². The Morgan fingerprint density at radius 2 is 1.88 bits per heavy atom. The zero-order chi connectivity index (χ0) is 23.8. The highest BCUT2D eigenvalue weighted by molar-refractivity contribution is 7.22. The number of fused-ring (bicyclic) bond motifs is 1. The van der Waals surface area contributed by atoms with E-state index in [1.54, 1.807) is 30.6 Å². The zero-order valence-electron chi connectivity index (χ0n) is 20.0. The van der Waals surface area contributed by atoms with Crippen LogP contribution in [0.5, 0.6) is 17.2 Å². The smallest absolute Gasteiger partial charge is 0.153 e. The fraction of sp³-hybridized carbons (Fsp3) is 0.357. The van der Waals surface area contributed by atoms with E-state index in [2.05, 4.69) is 4.90 Å². The molecule has 1 saturated heterocycles. The van der Waals surface area contributed by atoms with Crippen molar-refractivity contribution in [3.05, 3.63) is 66.5 Å². The minimum atomic E-state index is 0.242. The second-order valence-corrected chi connectivity index (χ2v) is 9.39. The van der Waals surface area contributed by atoms with Gasteiger partial charge in [-0.1, -0.05) is 12.5 Å². The third-order valence-electron chi connectivity index (χ3n) is 5.98. The zero-order valence-corrected chi connectivity index (χ0v) is 20.8. The van der Waals surface area contributed by atoms with Crippen LogP contribution in [0.2, 0.25) is 0 Å². The lowest BCUT2D eigenvalue weighted by molar-refractivity contribution is 0.114. The molecule has 1 fully saturated rings. The van der Waals surface area contributed by atoms with Crippen molar-refractivity contribution in [3.8, 4) is 27.7 Å². The first-order valence-electron chi connectivity index (χ1n) is 11.9. The van der Waals surface area contributed by atoms with E-state index in [1.165, 1.54) is 32.4 Å². The number of benzene rings is 2. The molecule has 0 aliphatic carbocycles. The van der Waals surface area contributed by atoms with Crippen LogP contribution in [0.1, 0.15) is 26.2 Å². The number of methoxy groups -OCH3 is 1. The van der Waals surface area contributed by atoms with Gasteiger partial charge in [-0.05, 0) is 93.0 Å². The number of allylic oxidation sites excluding steroid dienone is 2. The topological polar surface area (TPSA) is 51.2 Å². The first-order valence-corrected chi connectivity index (χ1v) is 12.7. The lowest BCUT2D eigenvalue weighted by Gasteiger charge is -2.25. The Bertz CT molecular complexity index is 1130. The first-order chi connectivity index (χ1) is 16.7. The van der Waals surface area contributed by atoms with Crippen molar-refractivity contribution in [1.29, 1.82) is 0 Å². The average Bonchev–Trinajstić information content (AvgIpc) is 3.23. The summed E-state index contributed by atoms with van der Waals surface area (Å²) < 4.78 is 18.7. The summed E-state index contributed by atoms with van der Waals surface area (Å²) in [5.74, 6) is 2.61. The summed E-state index contributed by atoms with van der Waals surface area (Å²) in [6.07, 6.45) is 9.89. The van der Waals surface area contributed by atoms with Gasteiger partial charge in [-0.2, -0.15) is 0 Å². The molecule has 0 spiro atoms. The Morgan fingerprint density at radius 3 is 2.62 bits per heavy atom. The van der Waals surface area contributed by atoms with Gasteiger partial charge < -0.3 is 24.2 Å². The summed E-state index contributed by atoms with van der Waals surface area (Å²) in [6.45, 7) is 6.66. The van der Waals surface area contributed by atoms with E-state index in [0.29, 0.717) is 6.61 Å². The molecule has 1 N–H and O–H groups in total. The highest BCUT2D eigenvalue weighted by Crippen LogP contribution is 2.46. The highest BCUT2D eigenvalue weighted by Gasteiger charge is 2.17. The van der Waals surface area contributed by atoms with E-state index in [0.717, 1.165) is 50.9 Å². The van der Waals surface area contributed by atoms with Gasteiger partial charge in [-0.3, -0.25) is 0 Å². The van der Waals surface area contributed by atoms with Crippen LogP contribution in [-0.2, 0) is 4.74 Å². The molecular formula is C28H33NO4S. The largest absolute Gasteiger partial charge is 0.508 e. The van der Waals surface area contributed by atoms with Crippen LogP contribution in [0, 0.1) is 0 Å². The van der Waals surface area contributed by atoms with Crippen molar-refractivity contribution in [3.63, 3.8) is 0 Å². The lowest BCUT2D eigenvalue weighted by Crippen LogP contribution is -2.32. The van der Waals surface area contributed by atoms with Crippen LogP contribution >= 0.6 is 11.3 Å². The molecule has 180 valence electrons. The molecule has 0 amide bonds. The number of aromatic hydroxyl groups is 1. The summed E-state index contributed by atoms with van der Waals surface area (Å²) in [7, 11) is 1.67. The number of phenols is 1. The van der Waals surface area contributed by atoms with Gasteiger partial charge in [0.15, 0.2) is 5.75 Å². The quantitative estimate of drug-likeness (QED) is 0.201. The second-order valence-electron chi connectivity index (χ2n) is 8.34. The molecule has 1 aromatic heterocycles. The maximum Gasteiger partial charge on any atom is 0.153 e. The number of phenolic OH excluding ortho intramolecular Hbond substituents is 1. The normalized spacial score (nSPS) is 15.3. The molecule has 1 aliphatic rings. The molecule has 0 radical (unpaired) electrons. The van der Waals surface area contributed by atoms with E-state index < -0.39 is 0 Å². The van der Waals surface area contributed by atoms with Crippen molar-refractivity contribution in [2.75, 3.05) is 40.0 Å². The predicted molar refractivity (Wildman–Crippen MR) is 140 cm³/mol. The van der Waals surface area contributed by atoms with Crippen molar-refractivity contribution in [2.45, 2.75) is 26.2 Å². The Labute approximate surface area is 205 Å². The molecule has 6 heteroatoms. The van der Waals surface area contributed by atoms with Crippen LogP contribution in [0.4, 0.5) is 0 Å². The standard InChI is InChI=1S/C28H33NO4S/c1-3-23(8-7-18-32-19-17-29-15-5-4-6-16-29)33-27-25-14-13-24(31-2)20-26(25)34-28(27)21-9-11-22(30)12-10-21/h3,7-14,20,30H,4-6,15-19H2,1-2H3/b8-7-,23-3+. The highest BCUT2D eigenvalue weighted by atomic mass is 32.1. The molecule has 2 aromatic carbocycles. The van der Waals surface area contributed by atoms with E-state index in [9.17, 15) is 5.11 Å². The van der Waals surface area contributed by atoms with Crippen LogP contribution < -0.4 is 9.47 Å². The van der Waals surface area contributed by atoms with Gasteiger partial charge in [0.25, 0.3) is 0 Å². The molecule has 2 heterocycles. The molecule has 1 aliphatic heterocycles. The second kappa shape index (κ2) is 12.1. The van der Waals surface area contributed by atoms with Crippen molar-refractivity contribution in [1.82, 2.24) is 4.90 Å². The summed E-state index contributed by atoms with van der Waals surface area (Å²) in [5, 5.41) is 10.7. The Balaban J connectivity index is 1.46. The van der Waals surface area contributed by atoms with Gasteiger partial charge in [0, 0.05) is 16.6 Å². The fourth-order valence-corrected chi connectivity index (χ4v) is 5.25. The number of rotatable bonds is 10. The lowest BCUT2D eigenvalue weighted by atomic mass is 10.1. The molecule has 3 aromatic rings. The third-order valence-corrected chi connectivity index (χ3v) is 7.17. The minimum absolute atomic E-state index is 0.242. The summed E-state index contributed by atoms with van der Waals surface area (Å²) in [5.41, 5.74) is 0.994. The number of ether oxygens (including phenoxy) is 3. The first kappa shape index (κ1) is 24.3. The van der Waals surface area contributed by atoms with E-state index in [-0.39, 0.29) is 5.75 Å². The van der Waals surface area contributed by atoms with Crippen molar-refractivity contribution >= 4 is 21.4 Å². The molecule has 0 atom stereocenters. The van der Waals surface area contributed by atoms with Gasteiger partial charge in [0.1, 0.15) is 17.3 Å². The SMILES string of the molecule is C/C=C(\C=C/COCCN1CCCCC1)Oc1c(-c2ccc(O)cc2)sc2cc(OC)ccc12. The molecule has 0 saturated carbocycles. The summed E-state index contributed by atoms with van der Waals surface area (Å²) in [6, 6.07) is 13.2. The van der Waals surface area contributed by atoms with Gasteiger partial charge >= 0.3 is 0 Å². The molecule has 0 bridgehead atoms. The van der Waals surface area contributed by atoms with Crippen molar-refractivity contribution in [2.24, 2.45) is 0 Å². The Hall–Kier alpha value is -2.80. The van der Waals surface area contributed by atoms with Gasteiger partial charge in [-0.25, -0.2) is 0 Å². The molecule has 0 unspecified atom stereocenters. The maximum absolute atomic E-state index is 9.72. The number of nitrogens with zero attached hydrogens (tertiary/aromatic N) is 1. The van der Waals surface area contributed by atoms with Crippen LogP contribution in [0.15, 0.2) is 66.5 Å². The number of piperidine rings is 1. The van der Waals surface area contributed by atoms with E-state index in [4.69, 9.17) is 14.2 Å². The Morgan fingerprint density at radius 1 is 1.09 bits per heavy atom. The van der Waals surface area contributed by atoms with E-state index in [1.807, 2.05) is 55.5 Å². The minimum Gasteiger partial charge on any atom is -0.508 e. The molecular weight excluding hydrogens is 446 g/mol. The Kier molecular flexibility index (Phi) is 8.63. The molecule has 4 rings (SSSR count). The third kappa shape index (κ3) is 6.20. The van der Waals surface area contributed by atoms with Crippen LogP contribution in [0.3, 0.4) is 0 Å². The van der Waals surface area contributed by atoms with Gasteiger partial charge in [0.2, 0.25) is 0 Å². The summed E-state index contributed by atoms with van der Waals surface area (Å²) in [4.78, 5) is 3.49. The molecule has 5 nitrogen and oxygen atoms in total. The number of hydrogen-bond acceptors (Lipinski definition) is 6. The van der Waals surface area contributed by atoms with Gasteiger partial charge in [0.05, 0.1) is 25.2 Å². The molecule has 34 heavy (non-hydrogen) atoms. The number of thiophene rings is 1. The summed E-state index contributed by atoms with van der Waals surface area (Å²) >= 11 is 1.65. The number of hydrogen-bond donors (Lipinski definition) is 1. The maximum atomic E-state index is 9.72. The van der Waals surface area contributed by atoms with E-state index >= 15 is 0 Å². The van der Waals surface area contributed by atoms with Crippen LogP contribution in [-0.4, -0.2) is 50.0 Å². The van der Waals surface area contributed by atoms with Crippen molar-refractivity contribution < 1.29 is 19.3 Å². The predicted octanol–water partition coefficient (Wildman–Crippen LogP) is 6.62. The fourth-order valence-electron chi connectivity index (χ4n) is 4.08.